The zero-order valence-electron chi connectivity index (χ0n) is 14.2. The first-order valence-electron chi connectivity index (χ1n) is 7.65. The lowest BCUT2D eigenvalue weighted by Gasteiger charge is -2.14. The van der Waals surface area contributed by atoms with Crippen molar-refractivity contribution in [1.29, 1.82) is 0 Å². The van der Waals surface area contributed by atoms with E-state index >= 15 is 0 Å². The Morgan fingerprint density at radius 3 is 2.32 bits per heavy atom. The summed E-state index contributed by atoms with van der Waals surface area (Å²) in [5.41, 5.74) is 2.28. The molecule has 2 rings (SSSR count). The lowest BCUT2D eigenvalue weighted by atomic mass is 9.93. The van der Waals surface area contributed by atoms with Crippen LogP contribution in [0.5, 0.6) is 5.75 Å². The van der Waals surface area contributed by atoms with Gasteiger partial charge in [0.2, 0.25) is 11.1 Å². The van der Waals surface area contributed by atoms with Gasteiger partial charge < -0.3 is 8.92 Å². The summed E-state index contributed by atoms with van der Waals surface area (Å²) >= 11 is -1.41. The van der Waals surface area contributed by atoms with Gasteiger partial charge in [0.15, 0.2) is 0 Å². The Kier molecular flexibility index (Phi) is 6.47. The zero-order valence-corrected chi connectivity index (χ0v) is 15.1. The molecule has 0 radical (unpaired) electrons. The molecule has 0 spiro atoms. The van der Waals surface area contributed by atoms with Crippen molar-refractivity contribution in [2.75, 3.05) is 13.4 Å². The van der Waals surface area contributed by atoms with Crippen molar-refractivity contribution in [3.63, 3.8) is 0 Å². The maximum Gasteiger partial charge on any atom is 0.338 e. The van der Waals surface area contributed by atoms with Crippen molar-refractivity contribution >= 4 is 28.2 Å². The molecule has 1 unspecified atom stereocenters. The second-order valence-electron chi connectivity index (χ2n) is 5.22. The van der Waals surface area contributed by atoms with Gasteiger partial charge in [-0.05, 0) is 47.4 Å². The molecule has 0 saturated heterocycles. The SMILES string of the molecule is CC/C(=C(\C(=O)OC)c1cccc(F)c1)c1ccc(OS(C)=O)cc1. The van der Waals surface area contributed by atoms with Crippen molar-refractivity contribution in [3.05, 3.63) is 65.5 Å². The molecule has 0 amide bonds. The van der Waals surface area contributed by atoms with E-state index in [1.54, 1.807) is 36.4 Å². The van der Waals surface area contributed by atoms with Gasteiger partial charge in [0.25, 0.3) is 0 Å². The highest BCUT2D eigenvalue weighted by Crippen LogP contribution is 2.31. The molecule has 0 aliphatic carbocycles. The Bertz CT molecular complexity index is 812. The van der Waals surface area contributed by atoms with Crippen LogP contribution in [0.25, 0.3) is 11.1 Å². The van der Waals surface area contributed by atoms with Gasteiger partial charge in [-0.25, -0.2) is 13.4 Å². The quantitative estimate of drug-likeness (QED) is 0.443. The highest BCUT2D eigenvalue weighted by Gasteiger charge is 2.19. The summed E-state index contributed by atoms with van der Waals surface area (Å²) in [6.45, 7) is 1.91. The topological polar surface area (TPSA) is 52.6 Å². The molecule has 0 fully saturated rings. The van der Waals surface area contributed by atoms with E-state index in [-0.39, 0.29) is 0 Å². The minimum Gasteiger partial charge on any atom is -0.465 e. The molecular weight excluding hydrogens is 343 g/mol. The predicted molar refractivity (Wildman–Crippen MR) is 96.7 cm³/mol. The average Bonchev–Trinajstić information content (AvgIpc) is 2.59. The fourth-order valence-electron chi connectivity index (χ4n) is 2.53. The number of ether oxygens (including phenoxy) is 1. The van der Waals surface area contributed by atoms with Crippen LogP contribution in [-0.4, -0.2) is 23.5 Å². The van der Waals surface area contributed by atoms with Crippen molar-refractivity contribution in [3.8, 4) is 5.75 Å². The Morgan fingerprint density at radius 1 is 1.12 bits per heavy atom. The number of hydrogen-bond donors (Lipinski definition) is 0. The van der Waals surface area contributed by atoms with E-state index in [0.717, 1.165) is 11.1 Å². The number of esters is 1. The molecule has 2 aromatic rings. The van der Waals surface area contributed by atoms with Crippen molar-refractivity contribution in [2.24, 2.45) is 0 Å². The first-order chi connectivity index (χ1) is 12.0. The van der Waals surface area contributed by atoms with Gasteiger partial charge in [-0.15, -0.1) is 0 Å². The molecule has 6 heteroatoms. The van der Waals surface area contributed by atoms with Crippen molar-refractivity contribution < 1.29 is 22.3 Å². The van der Waals surface area contributed by atoms with Crippen LogP contribution in [-0.2, 0) is 20.6 Å². The summed E-state index contributed by atoms with van der Waals surface area (Å²) in [6, 6.07) is 12.7. The normalized spacial score (nSPS) is 13.0. The van der Waals surface area contributed by atoms with E-state index in [9.17, 15) is 13.4 Å². The standard InChI is InChI=1S/C19H19FO4S/c1-4-17(13-8-10-16(11-9-13)24-25(3)22)18(19(21)23-2)14-6-5-7-15(20)12-14/h5-12H,4H2,1-3H3/b18-17+. The van der Waals surface area contributed by atoms with Crippen molar-refractivity contribution in [1.82, 2.24) is 0 Å². The Balaban J connectivity index is 2.57. The highest BCUT2D eigenvalue weighted by molar-refractivity contribution is 7.79. The average molecular weight is 362 g/mol. The van der Waals surface area contributed by atoms with Gasteiger partial charge in [0.1, 0.15) is 11.6 Å². The summed E-state index contributed by atoms with van der Waals surface area (Å²) in [5.74, 6) is -0.494. The lowest BCUT2D eigenvalue weighted by Crippen LogP contribution is -2.07. The van der Waals surface area contributed by atoms with Gasteiger partial charge in [-0.1, -0.05) is 31.2 Å². The first-order valence-corrected chi connectivity index (χ1v) is 9.14. The monoisotopic (exact) mass is 362 g/mol. The molecule has 132 valence electrons. The molecule has 4 nitrogen and oxygen atoms in total. The van der Waals surface area contributed by atoms with Gasteiger partial charge in [-0.3, -0.25) is 0 Å². The van der Waals surface area contributed by atoms with Crippen LogP contribution in [0.2, 0.25) is 0 Å². The Morgan fingerprint density at radius 2 is 1.80 bits per heavy atom. The summed E-state index contributed by atoms with van der Waals surface area (Å²) < 4.78 is 34.8. The zero-order chi connectivity index (χ0) is 18.4. The van der Waals surface area contributed by atoms with E-state index < -0.39 is 22.9 Å². The molecule has 0 aliphatic rings. The maximum absolute atomic E-state index is 13.6. The number of halogens is 1. The van der Waals surface area contributed by atoms with Crippen LogP contribution in [0.1, 0.15) is 24.5 Å². The van der Waals surface area contributed by atoms with E-state index in [1.165, 1.54) is 25.5 Å². The Hall–Kier alpha value is -2.47. The lowest BCUT2D eigenvalue weighted by molar-refractivity contribution is -0.133. The summed E-state index contributed by atoms with van der Waals surface area (Å²) in [4.78, 5) is 12.3. The highest BCUT2D eigenvalue weighted by atomic mass is 32.2. The minimum absolute atomic E-state index is 0.317. The third kappa shape index (κ3) is 4.76. The fraction of sp³-hybridized carbons (Fsp3) is 0.211. The fourth-order valence-corrected chi connectivity index (χ4v) is 2.92. The van der Waals surface area contributed by atoms with Gasteiger partial charge >= 0.3 is 5.97 Å². The molecule has 25 heavy (non-hydrogen) atoms. The Labute approximate surface area is 148 Å². The number of methoxy groups -OCH3 is 1. The van der Waals surface area contributed by atoms with Crippen LogP contribution in [0.4, 0.5) is 4.39 Å². The summed E-state index contributed by atoms with van der Waals surface area (Å²) in [5, 5.41) is 0. The van der Waals surface area contributed by atoms with E-state index in [1.807, 2.05) is 6.92 Å². The molecule has 0 aliphatic heterocycles. The van der Waals surface area contributed by atoms with Crippen LogP contribution in [0, 0.1) is 5.82 Å². The maximum atomic E-state index is 13.6. The number of benzene rings is 2. The van der Waals surface area contributed by atoms with E-state index in [0.29, 0.717) is 23.3 Å². The van der Waals surface area contributed by atoms with Gasteiger partial charge in [0.05, 0.1) is 12.7 Å². The van der Waals surface area contributed by atoms with Crippen LogP contribution in [0.15, 0.2) is 48.5 Å². The third-order valence-electron chi connectivity index (χ3n) is 3.57. The number of hydrogen-bond acceptors (Lipinski definition) is 4. The number of rotatable bonds is 6. The van der Waals surface area contributed by atoms with E-state index in [2.05, 4.69) is 0 Å². The molecule has 0 saturated carbocycles. The third-order valence-corrected chi connectivity index (χ3v) is 4.00. The second kappa shape index (κ2) is 8.58. The molecule has 0 N–H and O–H groups in total. The van der Waals surface area contributed by atoms with Crippen LogP contribution in [0.3, 0.4) is 0 Å². The molecule has 2 aromatic carbocycles. The molecular formula is C19H19FO4S. The van der Waals surface area contributed by atoms with E-state index in [4.69, 9.17) is 8.92 Å². The molecule has 0 heterocycles. The molecule has 1 atom stereocenters. The van der Waals surface area contributed by atoms with Gasteiger partial charge in [-0.2, -0.15) is 0 Å². The minimum atomic E-state index is -1.41. The summed E-state index contributed by atoms with van der Waals surface area (Å²) in [6.07, 6.45) is 1.98. The number of allylic oxidation sites excluding steroid dienone is 1. The number of carbonyl (C=O) groups is 1. The number of carbonyl (C=O) groups excluding carboxylic acids is 1. The molecule has 0 bridgehead atoms. The summed E-state index contributed by atoms with van der Waals surface area (Å²) in [7, 11) is 1.29. The van der Waals surface area contributed by atoms with Crippen LogP contribution >= 0.6 is 0 Å². The van der Waals surface area contributed by atoms with Gasteiger partial charge in [0, 0.05) is 6.26 Å². The second-order valence-corrected chi connectivity index (χ2v) is 6.19. The first kappa shape index (κ1) is 18.9. The molecule has 0 aromatic heterocycles. The smallest absolute Gasteiger partial charge is 0.338 e. The van der Waals surface area contributed by atoms with Crippen molar-refractivity contribution in [2.45, 2.75) is 13.3 Å². The largest absolute Gasteiger partial charge is 0.465 e. The predicted octanol–water partition coefficient (Wildman–Crippen LogP) is 3.99. The van der Waals surface area contributed by atoms with Crippen LogP contribution < -0.4 is 4.18 Å².